The van der Waals surface area contributed by atoms with Crippen LogP contribution in [0.1, 0.15) is 215 Å². The molecule has 3 aromatic carbocycles. The first-order chi connectivity index (χ1) is 34.3. The molecule has 7 nitrogen and oxygen atoms in total. The smallest absolute Gasteiger partial charge is 0 e. The molecule has 1 aromatic heterocycles. The van der Waals surface area contributed by atoms with Crippen molar-refractivity contribution in [3.8, 4) is 0 Å². The van der Waals surface area contributed by atoms with Crippen LogP contribution in [0.5, 0.6) is 0 Å². The Balaban J connectivity index is -0.000000852. The number of ketones is 2. The Hall–Kier alpha value is -3.03. The number of unbranched alkanes of at least 4 members (excludes halogenated alkanes) is 17. The van der Waals surface area contributed by atoms with Crippen LogP contribution in [-0.4, -0.2) is 48.3 Å². The number of anilines is 1. The van der Waals surface area contributed by atoms with Crippen molar-refractivity contribution in [3.63, 3.8) is 0 Å². The van der Waals surface area contributed by atoms with Gasteiger partial charge in [-0.25, -0.2) is 0 Å². The minimum atomic E-state index is -0.326. The van der Waals surface area contributed by atoms with Gasteiger partial charge in [-0.1, -0.05) is 236 Å². The molecule has 1 N–H and O–H groups in total. The number of amides is 1. The number of hydrogen-bond acceptors (Lipinski definition) is 6. The van der Waals surface area contributed by atoms with Crippen LogP contribution in [0.2, 0.25) is 0 Å². The molecular formula is C63H99ClIr2N3O4. The molecule has 1 saturated carbocycles. The summed E-state index contributed by atoms with van der Waals surface area (Å²) >= 11 is 1.47. The van der Waals surface area contributed by atoms with Crippen molar-refractivity contribution in [1.29, 1.82) is 0 Å². The van der Waals surface area contributed by atoms with Gasteiger partial charge in [0.25, 0.3) is 0 Å². The van der Waals surface area contributed by atoms with Crippen molar-refractivity contribution in [2.75, 3.05) is 25.6 Å². The maximum atomic E-state index is 11.9. The number of benzene rings is 3. The van der Waals surface area contributed by atoms with E-state index in [-0.39, 0.29) is 39.2 Å². The Bertz CT molecular complexity index is 1800. The average Bonchev–Trinajstić information content (AvgIpc) is 3.56. The number of aliphatic hydroxyl groups excluding tert-OH is 1. The first-order valence-corrected chi connectivity index (χ1v) is 30.1. The van der Waals surface area contributed by atoms with Crippen LogP contribution in [0, 0.1) is 37.0 Å². The van der Waals surface area contributed by atoms with Crippen LogP contribution in [0.4, 0.5) is 11.4 Å². The van der Waals surface area contributed by atoms with Crippen molar-refractivity contribution in [2.45, 2.75) is 184 Å². The minimum Gasteiger partial charge on any atom is 0 e. The molecule has 4 aromatic rings. The van der Waals surface area contributed by atoms with Crippen molar-refractivity contribution in [1.82, 2.24) is 4.98 Å². The molecule has 1 heterocycles. The second kappa shape index (κ2) is 49.8. The van der Waals surface area contributed by atoms with Gasteiger partial charge in [-0.15, -0.1) is 5.69 Å². The van der Waals surface area contributed by atoms with Gasteiger partial charge in [-0.2, -0.15) is 0 Å². The van der Waals surface area contributed by atoms with Crippen molar-refractivity contribution in [3.05, 3.63) is 139 Å². The Kier molecular flexibility index (Phi) is 50.6. The Morgan fingerprint density at radius 1 is 0.548 bits per heavy atom. The van der Waals surface area contributed by atoms with Gasteiger partial charge in [-0.3, -0.25) is 14.6 Å². The zero-order valence-corrected chi connectivity index (χ0v) is 52.7. The number of carbonyl (C=O) groups is 3. The van der Waals surface area contributed by atoms with E-state index in [0.29, 0.717) is 30.2 Å². The van der Waals surface area contributed by atoms with Gasteiger partial charge < -0.3 is 27.5 Å². The van der Waals surface area contributed by atoms with Gasteiger partial charge in [0.15, 0.2) is 11.6 Å². The first kappa shape index (κ1) is 74.2. The molecule has 1 aliphatic carbocycles. The largest absolute Gasteiger partial charge is 0 e. The number of aliphatic hydroxyl groups is 1. The quantitative estimate of drug-likeness (QED) is 0.0403. The Morgan fingerprint density at radius 3 is 1.26 bits per heavy atom. The van der Waals surface area contributed by atoms with Crippen LogP contribution in [0.3, 0.4) is 0 Å². The van der Waals surface area contributed by atoms with E-state index in [4.69, 9.17) is 5.11 Å². The van der Waals surface area contributed by atoms with Crippen LogP contribution < -0.4 is 4.90 Å². The summed E-state index contributed by atoms with van der Waals surface area (Å²) in [5.74, 6) is 4.77. The van der Waals surface area contributed by atoms with E-state index in [1.54, 1.807) is 31.3 Å². The SMILES string of the molecule is CC(=O)c1ccccc1.CC1C(C)C(C)C(C)C1C.CCCCCCCCCCCCC(=O)c1ccccc1.CCCCCCCCCCCO.CN(C)c1ccc([N-]C(=O)c2ccccn2)cc1.[CH3-].[Cl][Ir+2].[Ir]. The molecule has 0 atom stereocenters. The number of halogens is 1. The number of Topliss-reactive ketones (excluding diaryl/α,β-unsaturated/α-hetero) is 2. The molecule has 0 spiro atoms. The van der Waals surface area contributed by atoms with Crippen LogP contribution >= 0.6 is 9.58 Å². The second-order valence-electron chi connectivity index (χ2n) is 19.5. The summed E-state index contributed by atoms with van der Waals surface area (Å²) in [6.07, 6.45) is 27.3. The summed E-state index contributed by atoms with van der Waals surface area (Å²) < 4.78 is 0. The van der Waals surface area contributed by atoms with Gasteiger partial charge in [0.05, 0.1) is 5.69 Å². The normalized spacial score (nSPS) is 15.9. The summed E-state index contributed by atoms with van der Waals surface area (Å²) in [4.78, 5) is 40.3. The van der Waals surface area contributed by atoms with Crippen LogP contribution in [0.15, 0.2) is 109 Å². The standard InChI is InChI=1S/C19H30O.C14H15N3O.C11H24O.C10H20.C8H8O.CH3.ClH.2Ir/c1-2-3-4-5-6-7-8-9-10-14-17-19(20)18-15-12-11-13-16-18;1-17(2)12-8-6-11(7-9-12)16-14(18)13-5-3-4-10-15-13;1-2-3-4-5-6-7-8-9-10-11-12;1-6-7(2)9(4)10(5)8(6)3;1-7(9)8-5-3-2-4-6-8;;;;/h11-13,15-16H,2-10,14,17H2,1H3;3-10H,1-2H3,(H,16,18);12H,2-11H2,1H3;6-10H,1-5H3;2-6H,1H3;1H3;1H;;/q;;;;;-1;;;+3/p-2. The third kappa shape index (κ3) is 36.6. The maximum Gasteiger partial charge on any atom is 0 e. The maximum absolute atomic E-state index is 11.9. The van der Waals surface area contributed by atoms with E-state index in [9.17, 15) is 14.4 Å². The Morgan fingerprint density at radius 2 is 0.918 bits per heavy atom. The monoisotopic (exact) mass is 1380 g/mol. The molecule has 0 aliphatic heterocycles. The predicted octanol–water partition coefficient (Wildman–Crippen LogP) is 18.9. The fourth-order valence-corrected chi connectivity index (χ4v) is 8.52. The van der Waals surface area contributed by atoms with Gasteiger partial charge >= 0.3 is 27.5 Å². The molecule has 1 amide bonds. The summed E-state index contributed by atoms with van der Waals surface area (Å²) in [7, 11) is 8.57. The third-order valence-electron chi connectivity index (χ3n) is 13.9. The number of carbonyl (C=O) groups excluding carboxylic acids is 3. The molecule has 1 fully saturated rings. The predicted molar refractivity (Wildman–Crippen MR) is 308 cm³/mol. The molecular weight excluding hydrogens is 1280 g/mol. The molecule has 0 saturated heterocycles. The zero-order chi connectivity index (χ0) is 53.1. The zero-order valence-electron chi connectivity index (χ0n) is 47.2. The second-order valence-corrected chi connectivity index (χ2v) is 19.5. The van der Waals surface area contributed by atoms with E-state index < -0.39 is 0 Å². The van der Waals surface area contributed by atoms with Gasteiger partial charge in [0.1, 0.15) is 5.91 Å². The van der Waals surface area contributed by atoms with Gasteiger partial charge in [-0.05, 0) is 73.6 Å². The molecule has 5 rings (SSSR count). The van der Waals surface area contributed by atoms with Crippen molar-refractivity contribution < 1.29 is 57.5 Å². The summed E-state index contributed by atoms with van der Waals surface area (Å²) in [6.45, 7) is 18.4. The van der Waals surface area contributed by atoms with Gasteiger partial charge in [0, 0.05) is 70.2 Å². The van der Waals surface area contributed by atoms with E-state index in [2.05, 4.69) is 68.4 Å². The van der Waals surface area contributed by atoms with Crippen molar-refractivity contribution in [2.24, 2.45) is 29.6 Å². The van der Waals surface area contributed by atoms with Crippen LogP contribution in [0.25, 0.3) is 5.32 Å². The number of hydrogen-bond donors (Lipinski definition) is 1. The van der Waals surface area contributed by atoms with Crippen molar-refractivity contribution >= 4 is 38.4 Å². The Labute approximate surface area is 475 Å². The molecule has 0 bridgehead atoms. The van der Waals surface area contributed by atoms with Gasteiger partial charge in [0.2, 0.25) is 0 Å². The fraction of sp³-hybridized carbons (Fsp3) is 0.571. The molecule has 1 radical (unpaired) electrons. The van der Waals surface area contributed by atoms with Crippen LogP contribution in [-0.2, 0) is 38.0 Å². The number of aromatic nitrogens is 1. The molecule has 1 aliphatic rings. The number of rotatable bonds is 25. The number of nitrogens with zero attached hydrogens (tertiary/aromatic N) is 3. The van der Waals surface area contributed by atoms with E-state index in [1.807, 2.05) is 104 Å². The first-order valence-electron chi connectivity index (χ1n) is 27.1. The fourth-order valence-electron chi connectivity index (χ4n) is 8.52. The number of pyridine rings is 1. The summed E-state index contributed by atoms with van der Waals surface area (Å²) in [6, 6.07) is 31.5. The van der Waals surface area contributed by atoms with E-state index in [1.165, 1.54) is 127 Å². The van der Waals surface area contributed by atoms with E-state index >= 15 is 0 Å². The van der Waals surface area contributed by atoms with E-state index in [0.717, 1.165) is 59.2 Å². The average molecular weight is 1380 g/mol. The summed E-state index contributed by atoms with van der Waals surface area (Å²) in [5, 5.41) is 12.5. The topological polar surface area (TPSA) is 102 Å². The molecule has 10 heteroatoms. The third-order valence-corrected chi connectivity index (χ3v) is 13.9. The molecule has 0 unspecified atom stereocenters. The summed E-state index contributed by atoms with van der Waals surface area (Å²) in [5.41, 5.74) is 3.70. The molecule has 73 heavy (non-hydrogen) atoms. The minimum absolute atomic E-state index is 0. The molecule has 415 valence electrons.